The molecule has 5 heteroatoms. The molecule has 0 aliphatic rings. The molecule has 2 aromatic carbocycles. The fourth-order valence-corrected chi connectivity index (χ4v) is 3.45. The van der Waals surface area contributed by atoms with Crippen LogP contribution in [-0.2, 0) is 17.8 Å². The largest absolute Gasteiger partial charge is 0.497 e. The van der Waals surface area contributed by atoms with Crippen molar-refractivity contribution in [2.45, 2.75) is 26.3 Å². The fraction of sp³-hybridized carbons (Fsp3) is 0.250. The lowest BCUT2D eigenvalue weighted by molar-refractivity contribution is -0.136. The van der Waals surface area contributed by atoms with Crippen molar-refractivity contribution in [2.24, 2.45) is 0 Å². The maximum Gasteiger partial charge on any atom is 0.303 e. The molecule has 0 bridgehead atoms. The van der Waals surface area contributed by atoms with Gasteiger partial charge in [-0.3, -0.25) is 4.79 Å². The first kappa shape index (κ1) is 17.5. The molecule has 1 N–H and O–H groups in total. The Labute approximate surface area is 155 Å². The summed E-state index contributed by atoms with van der Waals surface area (Å²) in [6, 6.07) is 14.2. The van der Waals surface area contributed by atoms with Crippen LogP contribution < -0.4 is 4.74 Å². The van der Waals surface area contributed by atoms with Crippen molar-refractivity contribution in [3.63, 3.8) is 0 Å². The van der Waals surface area contributed by atoms with E-state index in [2.05, 4.69) is 39.6 Å². The molecule has 0 aliphatic heterocycles. The molecule has 0 aliphatic carbocycles. The first-order chi connectivity index (χ1) is 12.0. The van der Waals surface area contributed by atoms with Crippen LogP contribution in [0.2, 0.25) is 0 Å². The van der Waals surface area contributed by atoms with Crippen LogP contribution >= 0.6 is 15.9 Å². The normalized spacial score (nSPS) is 11.0. The number of rotatable bonds is 6. The van der Waals surface area contributed by atoms with Gasteiger partial charge in [0.2, 0.25) is 0 Å². The van der Waals surface area contributed by atoms with E-state index in [1.165, 1.54) is 5.56 Å². The number of aryl methyl sites for hydroxylation is 1. The Hall–Kier alpha value is -2.27. The van der Waals surface area contributed by atoms with Gasteiger partial charge in [-0.1, -0.05) is 28.1 Å². The predicted molar refractivity (Wildman–Crippen MR) is 102 cm³/mol. The Morgan fingerprint density at radius 3 is 2.56 bits per heavy atom. The average Bonchev–Trinajstić information content (AvgIpc) is 2.86. The van der Waals surface area contributed by atoms with E-state index >= 15 is 0 Å². The summed E-state index contributed by atoms with van der Waals surface area (Å²) in [6.45, 7) is 2.80. The number of methoxy groups -OCH3 is 1. The molecule has 3 aromatic rings. The van der Waals surface area contributed by atoms with E-state index in [-0.39, 0.29) is 6.42 Å². The molecule has 3 rings (SSSR count). The maximum atomic E-state index is 11.0. The zero-order valence-electron chi connectivity index (χ0n) is 14.3. The molecule has 4 nitrogen and oxygen atoms in total. The predicted octanol–water partition coefficient (Wildman–Crippen LogP) is 4.79. The van der Waals surface area contributed by atoms with Crippen molar-refractivity contribution >= 4 is 32.8 Å². The fourth-order valence-electron chi connectivity index (χ4n) is 3.18. The lowest BCUT2D eigenvalue weighted by Gasteiger charge is -2.09. The number of carbonyl (C=O) groups is 1. The van der Waals surface area contributed by atoms with E-state index in [0.29, 0.717) is 6.42 Å². The third-order valence-corrected chi connectivity index (χ3v) is 5.03. The van der Waals surface area contributed by atoms with Gasteiger partial charge >= 0.3 is 5.97 Å². The molecule has 0 amide bonds. The third-order valence-electron chi connectivity index (χ3n) is 4.50. The zero-order chi connectivity index (χ0) is 18.0. The number of aliphatic carboxylic acids is 1. The number of carboxylic acid groups (broad SMARTS) is 1. The molecule has 1 heterocycles. The second kappa shape index (κ2) is 7.31. The number of aromatic nitrogens is 1. The second-order valence-electron chi connectivity index (χ2n) is 6.05. The molecule has 0 saturated heterocycles. The molecular weight excluding hydrogens is 382 g/mol. The highest BCUT2D eigenvalue weighted by Crippen LogP contribution is 2.31. The van der Waals surface area contributed by atoms with Crippen LogP contribution in [0, 0.1) is 6.92 Å². The average molecular weight is 402 g/mol. The lowest BCUT2D eigenvalue weighted by Crippen LogP contribution is -2.03. The summed E-state index contributed by atoms with van der Waals surface area (Å²) in [7, 11) is 1.64. The smallest absolute Gasteiger partial charge is 0.303 e. The highest BCUT2D eigenvalue weighted by Gasteiger charge is 2.16. The molecule has 0 radical (unpaired) electrons. The number of nitrogens with zero attached hydrogens (tertiary/aromatic N) is 1. The van der Waals surface area contributed by atoms with E-state index in [1.54, 1.807) is 7.11 Å². The Balaban J connectivity index is 2.08. The van der Waals surface area contributed by atoms with Crippen LogP contribution in [0.4, 0.5) is 0 Å². The summed E-state index contributed by atoms with van der Waals surface area (Å²) >= 11 is 3.46. The maximum absolute atomic E-state index is 11.0. The Bertz CT molecular complexity index is 913. The Kier molecular flexibility index (Phi) is 5.13. The summed E-state index contributed by atoms with van der Waals surface area (Å²) in [5.74, 6) is 0.000900. The number of hydrogen-bond acceptors (Lipinski definition) is 2. The minimum atomic E-state index is -0.781. The molecule has 0 atom stereocenters. The highest BCUT2D eigenvalue weighted by atomic mass is 79.9. The molecule has 0 spiro atoms. The van der Waals surface area contributed by atoms with Gasteiger partial charge < -0.3 is 14.4 Å². The molecule has 0 fully saturated rings. The summed E-state index contributed by atoms with van der Waals surface area (Å²) in [5.41, 5.74) is 4.48. The summed E-state index contributed by atoms with van der Waals surface area (Å²) < 4.78 is 8.65. The standard InChI is InChI=1S/C20H20BrNO3/c1-13-17(8-10-20(23)24)18-11-16(25-2)7-9-19(18)22(13)12-14-3-5-15(21)6-4-14/h3-7,9,11H,8,10,12H2,1-2H3,(H,23,24). The number of carboxylic acids is 1. The zero-order valence-corrected chi connectivity index (χ0v) is 15.8. The van der Waals surface area contributed by atoms with Gasteiger partial charge in [0, 0.05) is 34.0 Å². The topological polar surface area (TPSA) is 51.5 Å². The van der Waals surface area contributed by atoms with Gasteiger partial charge in [-0.15, -0.1) is 0 Å². The number of benzene rings is 2. The van der Waals surface area contributed by atoms with Crippen LogP contribution in [0.1, 0.15) is 23.2 Å². The molecule has 0 unspecified atom stereocenters. The van der Waals surface area contributed by atoms with Crippen LogP contribution in [0.5, 0.6) is 5.75 Å². The number of hydrogen-bond donors (Lipinski definition) is 1. The number of halogens is 1. The molecule has 130 valence electrons. The second-order valence-corrected chi connectivity index (χ2v) is 6.97. The van der Waals surface area contributed by atoms with Gasteiger partial charge in [0.25, 0.3) is 0 Å². The first-order valence-electron chi connectivity index (χ1n) is 8.11. The molecule has 25 heavy (non-hydrogen) atoms. The van der Waals surface area contributed by atoms with Crippen molar-refractivity contribution < 1.29 is 14.6 Å². The van der Waals surface area contributed by atoms with Gasteiger partial charge in [0.1, 0.15) is 5.75 Å². The van der Waals surface area contributed by atoms with E-state index in [0.717, 1.165) is 38.9 Å². The number of fused-ring (bicyclic) bond motifs is 1. The van der Waals surface area contributed by atoms with E-state index in [4.69, 9.17) is 9.84 Å². The SMILES string of the molecule is COc1ccc2c(c1)c(CCC(=O)O)c(C)n2Cc1ccc(Br)cc1. The van der Waals surface area contributed by atoms with Crippen molar-refractivity contribution in [2.75, 3.05) is 7.11 Å². The first-order valence-corrected chi connectivity index (χ1v) is 8.91. The summed E-state index contributed by atoms with van der Waals surface area (Å²) in [6.07, 6.45) is 0.633. The van der Waals surface area contributed by atoms with Crippen LogP contribution in [0.15, 0.2) is 46.9 Å². The Morgan fingerprint density at radius 1 is 1.20 bits per heavy atom. The summed E-state index contributed by atoms with van der Waals surface area (Å²) in [5, 5.41) is 10.1. The van der Waals surface area contributed by atoms with E-state index < -0.39 is 5.97 Å². The Morgan fingerprint density at radius 2 is 1.92 bits per heavy atom. The van der Waals surface area contributed by atoms with Gasteiger partial charge in [0.05, 0.1) is 7.11 Å². The molecule has 1 aromatic heterocycles. The van der Waals surface area contributed by atoms with Gasteiger partial charge in [-0.2, -0.15) is 0 Å². The molecule has 0 saturated carbocycles. The molecular formula is C20H20BrNO3. The van der Waals surface area contributed by atoms with Gasteiger partial charge in [0.15, 0.2) is 0 Å². The van der Waals surface area contributed by atoms with Crippen molar-refractivity contribution in [3.8, 4) is 5.75 Å². The quantitative estimate of drug-likeness (QED) is 0.645. The van der Waals surface area contributed by atoms with Crippen molar-refractivity contribution in [3.05, 3.63) is 63.8 Å². The van der Waals surface area contributed by atoms with Gasteiger partial charge in [-0.05, 0) is 54.8 Å². The third kappa shape index (κ3) is 3.71. The minimum absolute atomic E-state index is 0.120. The van der Waals surface area contributed by atoms with Crippen molar-refractivity contribution in [1.29, 1.82) is 0 Å². The van der Waals surface area contributed by atoms with E-state index in [9.17, 15) is 4.79 Å². The lowest BCUT2D eigenvalue weighted by atomic mass is 10.1. The van der Waals surface area contributed by atoms with Crippen molar-refractivity contribution in [1.82, 2.24) is 4.57 Å². The van der Waals surface area contributed by atoms with Gasteiger partial charge in [-0.25, -0.2) is 0 Å². The van der Waals surface area contributed by atoms with Crippen LogP contribution in [0.25, 0.3) is 10.9 Å². The summed E-state index contributed by atoms with van der Waals surface area (Å²) in [4.78, 5) is 11.0. The minimum Gasteiger partial charge on any atom is -0.497 e. The number of ether oxygens (including phenoxy) is 1. The van der Waals surface area contributed by atoms with Crippen LogP contribution in [-0.4, -0.2) is 22.8 Å². The van der Waals surface area contributed by atoms with Crippen LogP contribution in [0.3, 0.4) is 0 Å². The van der Waals surface area contributed by atoms with E-state index in [1.807, 2.05) is 30.3 Å². The highest BCUT2D eigenvalue weighted by molar-refractivity contribution is 9.10. The monoisotopic (exact) mass is 401 g/mol.